The summed E-state index contributed by atoms with van der Waals surface area (Å²) in [6.45, 7) is 0. The van der Waals surface area contributed by atoms with Gasteiger partial charge in [0.15, 0.2) is 17.3 Å². The molecular formula is C13H15F2N3O3. The third-order valence-electron chi connectivity index (χ3n) is 3.60. The molecule has 21 heavy (non-hydrogen) atoms. The quantitative estimate of drug-likeness (QED) is 0.661. The molecule has 2 rings (SSSR count). The van der Waals surface area contributed by atoms with Crippen LogP contribution in [0.1, 0.15) is 25.7 Å². The predicted molar refractivity (Wildman–Crippen MR) is 71.6 cm³/mol. The first kappa shape index (κ1) is 15.3. The fourth-order valence-electron chi connectivity index (χ4n) is 2.50. The van der Waals surface area contributed by atoms with Crippen molar-refractivity contribution in [2.75, 3.05) is 5.32 Å². The van der Waals surface area contributed by atoms with E-state index in [1.807, 2.05) is 0 Å². The molecule has 0 radical (unpaired) electrons. The van der Waals surface area contributed by atoms with E-state index in [-0.39, 0.29) is 6.04 Å². The minimum absolute atomic E-state index is 0.123. The zero-order valence-electron chi connectivity index (χ0n) is 11.1. The first-order valence-electron chi connectivity index (χ1n) is 6.59. The molecule has 2 unspecified atom stereocenters. The fraction of sp³-hybridized carbons (Fsp3) is 0.462. The van der Waals surface area contributed by atoms with Crippen molar-refractivity contribution in [2.24, 2.45) is 11.7 Å². The topological polar surface area (TPSA) is 98.3 Å². The van der Waals surface area contributed by atoms with Gasteiger partial charge in [-0.25, -0.2) is 8.78 Å². The lowest BCUT2D eigenvalue weighted by atomic mass is 9.85. The molecule has 0 spiro atoms. The molecule has 1 aliphatic rings. The smallest absolute Gasteiger partial charge is 0.296 e. The molecule has 114 valence electrons. The SMILES string of the molecule is NC1CCCC(C(=O)Nc2c([N+](=O)[O-])ccc(F)c2F)C1. The van der Waals surface area contributed by atoms with Crippen molar-refractivity contribution in [3.05, 3.63) is 33.9 Å². The number of benzene rings is 1. The molecule has 6 nitrogen and oxygen atoms in total. The summed E-state index contributed by atoms with van der Waals surface area (Å²) in [4.78, 5) is 22.0. The molecule has 0 saturated heterocycles. The first-order valence-corrected chi connectivity index (χ1v) is 6.59. The van der Waals surface area contributed by atoms with Gasteiger partial charge in [0.2, 0.25) is 5.91 Å². The number of hydrogen-bond acceptors (Lipinski definition) is 4. The van der Waals surface area contributed by atoms with Gasteiger partial charge in [-0.05, 0) is 25.3 Å². The Morgan fingerprint density at radius 3 is 2.71 bits per heavy atom. The van der Waals surface area contributed by atoms with Crippen LogP contribution in [0.3, 0.4) is 0 Å². The number of rotatable bonds is 3. The normalized spacial score (nSPS) is 21.9. The van der Waals surface area contributed by atoms with Crippen LogP contribution in [0.5, 0.6) is 0 Å². The molecule has 0 bridgehead atoms. The predicted octanol–water partition coefficient (Wildman–Crippen LogP) is 2.33. The van der Waals surface area contributed by atoms with Crippen molar-refractivity contribution in [1.29, 1.82) is 0 Å². The summed E-state index contributed by atoms with van der Waals surface area (Å²) in [5.74, 6) is -3.71. The summed E-state index contributed by atoms with van der Waals surface area (Å²) in [5, 5.41) is 13.0. The van der Waals surface area contributed by atoms with Crippen LogP contribution in [0.15, 0.2) is 12.1 Å². The van der Waals surface area contributed by atoms with E-state index >= 15 is 0 Å². The molecule has 1 saturated carbocycles. The van der Waals surface area contributed by atoms with Crippen LogP contribution < -0.4 is 11.1 Å². The number of nitrogens with two attached hydrogens (primary N) is 1. The van der Waals surface area contributed by atoms with Crippen molar-refractivity contribution in [3.8, 4) is 0 Å². The number of nitrogens with one attached hydrogen (secondary N) is 1. The number of anilines is 1. The van der Waals surface area contributed by atoms with E-state index in [0.717, 1.165) is 18.9 Å². The molecule has 1 aromatic rings. The van der Waals surface area contributed by atoms with E-state index in [1.165, 1.54) is 0 Å². The molecule has 3 N–H and O–H groups in total. The second-order valence-corrected chi connectivity index (χ2v) is 5.13. The molecule has 1 fully saturated rings. The second kappa shape index (κ2) is 6.13. The second-order valence-electron chi connectivity index (χ2n) is 5.13. The lowest BCUT2D eigenvalue weighted by Crippen LogP contribution is -2.34. The standard InChI is InChI=1S/C13H15F2N3O3/c14-9-4-5-10(18(20)21)12(11(9)15)17-13(19)7-2-1-3-8(16)6-7/h4-5,7-8H,1-3,6,16H2,(H,17,19). The Labute approximate surface area is 119 Å². The fourth-order valence-corrected chi connectivity index (χ4v) is 2.50. The van der Waals surface area contributed by atoms with Crippen LogP contribution in [0, 0.1) is 27.7 Å². The average molecular weight is 299 g/mol. The zero-order valence-corrected chi connectivity index (χ0v) is 11.1. The Balaban J connectivity index is 2.24. The maximum Gasteiger partial charge on any atom is 0.296 e. The molecule has 0 aliphatic heterocycles. The maximum atomic E-state index is 13.7. The highest BCUT2D eigenvalue weighted by molar-refractivity contribution is 5.95. The maximum absolute atomic E-state index is 13.7. The Kier molecular flexibility index (Phi) is 4.46. The van der Waals surface area contributed by atoms with Crippen LogP contribution >= 0.6 is 0 Å². The Hall–Kier alpha value is -2.09. The third kappa shape index (κ3) is 3.33. The number of amides is 1. The van der Waals surface area contributed by atoms with E-state index < -0.39 is 39.8 Å². The van der Waals surface area contributed by atoms with Gasteiger partial charge >= 0.3 is 0 Å². The minimum atomic E-state index is -1.43. The van der Waals surface area contributed by atoms with Crippen molar-refractivity contribution in [1.82, 2.24) is 0 Å². The highest BCUT2D eigenvalue weighted by atomic mass is 19.2. The number of nitrogens with zero attached hydrogens (tertiary/aromatic N) is 1. The van der Waals surface area contributed by atoms with Gasteiger partial charge in [-0.3, -0.25) is 14.9 Å². The molecule has 0 heterocycles. The lowest BCUT2D eigenvalue weighted by molar-refractivity contribution is -0.384. The van der Waals surface area contributed by atoms with Gasteiger partial charge in [-0.2, -0.15) is 0 Å². The Bertz CT molecular complexity index is 580. The van der Waals surface area contributed by atoms with Crippen molar-refractivity contribution in [2.45, 2.75) is 31.7 Å². The molecule has 2 atom stereocenters. The molecular weight excluding hydrogens is 284 g/mol. The number of carbonyl (C=O) groups is 1. The van der Waals surface area contributed by atoms with Crippen molar-refractivity contribution < 1.29 is 18.5 Å². The number of halogens is 2. The number of nitro groups is 1. The molecule has 1 amide bonds. The van der Waals surface area contributed by atoms with E-state index in [2.05, 4.69) is 5.32 Å². The van der Waals surface area contributed by atoms with Crippen LogP contribution in [0.4, 0.5) is 20.2 Å². The van der Waals surface area contributed by atoms with Gasteiger partial charge in [0.25, 0.3) is 5.69 Å². The van der Waals surface area contributed by atoms with Crippen LogP contribution in [0.25, 0.3) is 0 Å². The third-order valence-corrected chi connectivity index (χ3v) is 3.60. The summed E-state index contributed by atoms with van der Waals surface area (Å²) < 4.78 is 26.9. The first-order chi connectivity index (χ1) is 9.90. The van der Waals surface area contributed by atoms with Gasteiger partial charge in [-0.1, -0.05) is 6.42 Å². The summed E-state index contributed by atoms with van der Waals surface area (Å²) in [6, 6.07) is 1.35. The van der Waals surface area contributed by atoms with Gasteiger partial charge in [0.1, 0.15) is 0 Å². The van der Waals surface area contributed by atoms with Crippen LogP contribution in [0.2, 0.25) is 0 Å². The van der Waals surface area contributed by atoms with Gasteiger partial charge in [0.05, 0.1) is 4.92 Å². The van der Waals surface area contributed by atoms with E-state index in [9.17, 15) is 23.7 Å². The summed E-state index contributed by atoms with van der Waals surface area (Å²) >= 11 is 0. The summed E-state index contributed by atoms with van der Waals surface area (Å²) in [6.07, 6.45) is 2.56. The Morgan fingerprint density at radius 2 is 2.10 bits per heavy atom. The van der Waals surface area contributed by atoms with Gasteiger partial charge in [0, 0.05) is 18.0 Å². The Morgan fingerprint density at radius 1 is 1.38 bits per heavy atom. The summed E-state index contributed by atoms with van der Waals surface area (Å²) in [7, 11) is 0. The molecule has 1 aliphatic carbocycles. The number of nitro benzene ring substituents is 1. The highest BCUT2D eigenvalue weighted by Gasteiger charge is 2.29. The monoisotopic (exact) mass is 299 g/mol. The molecule has 0 aromatic heterocycles. The van der Waals surface area contributed by atoms with Crippen LogP contribution in [-0.2, 0) is 4.79 Å². The minimum Gasteiger partial charge on any atom is -0.328 e. The number of carbonyl (C=O) groups excluding carboxylic acids is 1. The van der Waals surface area contributed by atoms with Crippen molar-refractivity contribution in [3.63, 3.8) is 0 Å². The van der Waals surface area contributed by atoms with Crippen LogP contribution in [-0.4, -0.2) is 16.9 Å². The van der Waals surface area contributed by atoms with E-state index in [0.29, 0.717) is 18.9 Å². The van der Waals surface area contributed by atoms with Crippen molar-refractivity contribution >= 4 is 17.3 Å². The largest absolute Gasteiger partial charge is 0.328 e. The van der Waals surface area contributed by atoms with E-state index in [1.54, 1.807) is 0 Å². The number of hydrogen-bond donors (Lipinski definition) is 2. The molecule has 8 heteroatoms. The summed E-state index contributed by atoms with van der Waals surface area (Å²) in [5.41, 5.74) is 4.36. The zero-order chi connectivity index (χ0) is 15.6. The van der Waals surface area contributed by atoms with E-state index in [4.69, 9.17) is 5.73 Å². The lowest BCUT2D eigenvalue weighted by Gasteiger charge is -2.25. The highest BCUT2D eigenvalue weighted by Crippen LogP contribution is 2.31. The van der Waals surface area contributed by atoms with Gasteiger partial charge in [-0.15, -0.1) is 0 Å². The molecule has 1 aromatic carbocycles. The van der Waals surface area contributed by atoms with Gasteiger partial charge < -0.3 is 11.1 Å². The average Bonchev–Trinajstić information content (AvgIpc) is 2.43.